The molecule has 0 aliphatic heterocycles. The number of imidazole rings is 1. The van der Waals surface area contributed by atoms with Crippen LogP contribution in [0.4, 0.5) is 0 Å². The molecule has 2 aromatic rings. The minimum Gasteiger partial charge on any atom is -0.396 e. The summed E-state index contributed by atoms with van der Waals surface area (Å²) in [4.78, 5) is 31.9. The average Bonchev–Trinajstić information content (AvgIpc) is 2.71. The van der Waals surface area contributed by atoms with Gasteiger partial charge in [-0.3, -0.25) is 14.3 Å². The molecule has 2 aromatic heterocycles. The zero-order valence-corrected chi connectivity index (χ0v) is 9.23. The van der Waals surface area contributed by atoms with Crippen molar-refractivity contribution in [3.05, 3.63) is 32.7 Å². The molecule has 0 amide bonds. The van der Waals surface area contributed by atoms with Gasteiger partial charge in [0.1, 0.15) is 11.3 Å². The highest BCUT2D eigenvalue weighted by Crippen LogP contribution is 2.05. The van der Waals surface area contributed by atoms with Gasteiger partial charge < -0.3 is 10.1 Å². The lowest BCUT2D eigenvalue weighted by Crippen LogP contribution is -2.28. The molecule has 0 saturated carbocycles. The Bertz CT molecular complexity index is 677. The van der Waals surface area contributed by atoms with Crippen LogP contribution < -0.4 is 11.2 Å². The van der Waals surface area contributed by atoms with Crippen LogP contribution in [0.25, 0.3) is 17.2 Å². The molecule has 2 heterocycles. The van der Waals surface area contributed by atoms with Crippen molar-refractivity contribution in [1.82, 2.24) is 19.5 Å². The van der Waals surface area contributed by atoms with E-state index in [0.29, 0.717) is 17.9 Å². The van der Waals surface area contributed by atoms with Crippen molar-refractivity contribution < 1.29 is 5.11 Å². The Hall–Kier alpha value is -2.15. The van der Waals surface area contributed by atoms with Crippen LogP contribution >= 0.6 is 0 Å². The van der Waals surface area contributed by atoms with E-state index in [4.69, 9.17) is 5.11 Å². The first kappa shape index (κ1) is 11.3. The first-order valence-corrected chi connectivity index (χ1v) is 5.10. The van der Waals surface area contributed by atoms with Crippen molar-refractivity contribution in [2.45, 2.75) is 6.42 Å². The Morgan fingerprint density at radius 3 is 2.88 bits per heavy atom. The van der Waals surface area contributed by atoms with Crippen molar-refractivity contribution in [2.24, 2.45) is 7.05 Å². The maximum Gasteiger partial charge on any atom is 0.329 e. The number of aryl methyl sites for hydroxylation is 1. The summed E-state index contributed by atoms with van der Waals surface area (Å²) in [6.45, 7) is 0.0514. The Kier molecular flexibility index (Phi) is 2.92. The van der Waals surface area contributed by atoms with E-state index in [1.54, 1.807) is 12.2 Å². The van der Waals surface area contributed by atoms with Crippen LogP contribution in [0.2, 0.25) is 0 Å². The second-order valence-corrected chi connectivity index (χ2v) is 3.55. The number of aliphatic hydroxyl groups excluding tert-OH is 1. The molecule has 0 unspecified atom stereocenters. The van der Waals surface area contributed by atoms with Gasteiger partial charge >= 0.3 is 5.69 Å². The molecule has 0 aromatic carbocycles. The van der Waals surface area contributed by atoms with E-state index in [2.05, 4.69) is 15.0 Å². The molecule has 2 rings (SSSR count). The number of nitrogens with zero attached hydrogens (tertiary/aromatic N) is 2. The maximum atomic E-state index is 11.5. The van der Waals surface area contributed by atoms with Gasteiger partial charge in [-0.15, -0.1) is 0 Å². The largest absolute Gasteiger partial charge is 0.396 e. The van der Waals surface area contributed by atoms with Gasteiger partial charge in [-0.2, -0.15) is 0 Å². The quantitative estimate of drug-likeness (QED) is 0.658. The number of hydrogen-bond donors (Lipinski definition) is 3. The number of rotatable bonds is 3. The molecular weight excluding hydrogens is 224 g/mol. The van der Waals surface area contributed by atoms with E-state index in [1.165, 1.54) is 11.6 Å². The number of aromatic amines is 2. The molecule has 0 bridgehead atoms. The van der Waals surface area contributed by atoms with Crippen LogP contribution in [0.15, 0.2) is 15.7 Å². The fourth-order valence-electron chi connectivity index (χ4n) is 1.47. The predicted octanol–water partition coefficient (Wildman–Crippen LogP) is -0.655. The first-order chi connectivity index (χ1) is 8.13. The smallest absolute Gasteiger partial charge is 0.329 e. The van der Waals surface area contributed by atoms with Crippen molar-refractivity contribution in [1.29, 1.82) is 0 Å². The third-order valence-corrected chi connectivity index (χ3v) is 2.34. The Balaban J connectivity index is 2.58. The van der Waals surface area contributed by atoms with Crippen molar-refractivity contribution >= 4 is 17.2 Å². The van der Waals surface area contributed by atoms with Gasteiger partial charge in [-0.25, -0.2) is 9.78 Å². The molecule has 0 aliphatic carbocycles. The van der Waals surface area contributed by atoms with Crippen molar-refractivity contribution in [3.63, 3.8) is 0 Å². The van der Waals surface area contributed by atoms with Crippen LogP contribution in [0.3, 0.4) is 0 Å². The lowest BCUT2D eigenvalue weighted by atomic mass is 10.4. The Labute approximate surface area is 95.4 Å². The highest BCUT2D eigenvalue weighted by atomic mass is 16.2. The van der Waals surface area contributed by atoms with E-state index in [-0.39, 0.29) is 12.1 Å². The van der Waals surface area contributed by atoms with Gasteiger partial charge in [0, 0.05) is 13.7 Å². The van der Waals surface area contributed by atoms with Gasteiger partial charge in [-0.1, -0.05) is 6.08 Å². The molecule has 0 saturated heterocycles. The molecule has 17 heavy (non-hydrogen) atoms. The molecule has 0 aliphatic rings. The third-order valence-electron chi connectivity index (χ3n) is 2.34. The second kappa shape index (κ2) is 4.38. The van der Waals surface area contributed by atoms with Crippen LogP contribution in [-0.4, -0.2) is 31.2 Å². The topological polar surface area (TPSA) is 104 Å². The van der Waals surface area contributed by atoms with Gasteiger partial charge in [0.2, 0.25) is 0 Å². The first-order valence-electron chi connectivity index (χ1n) is 5.10. The van der Waals surface area contributed by atoms with Crippen LogP contribution in [0.1, 0.15) is 12.2 Å². The molecule has 3 N–H and O–H groups in total. The minimum absolute atomic E-state index is 0.0514. The minimum atomic E-state index is -0.500. The Morgan fingerprint density at radius 1 is 1.41 bits per heavy atom. The summed E-state index contributed by atoms with van der Waals surface area (Å²) in [5.41, 5.74) is -0.421. The number of nitrogens with one attached hydrogen (secondary N) is 2. The van der Waals surface area contributed by atoms with Crippen LogP contribution in [-0.2, 0) is 7.05 Å². The SMILES string of the molecule is Cn1c(=O)[nH]c(=O)c2[nH]c(C=CCCO)nc21. The molecule has 0 fully saturated rings. The summed E-state index contributed by atoms with van der Waals surface area (Å²) in [6.07, 6.45) is 3.89. The normalized spacial score (nSPS) is 11.6. The summed E-state index contributed by atoms with van der Waals surface area (Å²) in [6, 6.07) is 0. The fraction of sp³-hybridized carbons (Fsp3) is 0.300. The van der Waals surface area contributed by atoms with E-state index in [1.807, 2.05) is 0 Å². The summed E-state index contributed by atoms with van der Waals surface area (Å²) >= 11 is 0. The maximum absolute atomic E-state index is 11.5. The van der Waals surface area contributed by atoms with E-state index in [9.17, 15) is 9.59 Å². The van der Waals surface area contributed by atoms with Crippen molar-refractivity contribution in [3.8, 4) is 0 Å². The van der Waals surface area contributed by atoms with E-state index < -0.39 is 11.2 Å². The lowest BCUT2D eigenvalue weighted by molar-refractivity contribution is 0.303. The molecule has 7 heteroatoms. The van der Waals surface area contributed by atoms with Gasteiger partial charge in [0.05, 0.1) is 0 Å². The summed E-state index contributed by atoms with van der Waals surface area (Å²) < 4.78 is 1.26. The average molecular weight is 236 g/mol. The highest BCUT2D eigenvalue weighted by Gasteiger charge is 2.08. The second-order valence-electron chi connectivity index (χ2n) is 3.55. The predicted molar refractivity (Wildman–Crippen MR) is 62.7 cm³/mol. The summed E-state index contributed by atoms with van der Waals surface area (Å²) in [7, 11) is 1.53. The van der Waals surface area contributed by atoms with Crippen molar-refractivity contribution in [2.75, 3.05) is 6.61 Å². The number of aromatic nitrogens is 4. The van der Waals surface area contributed by atoms with E-state index in [0.717, 1.165) is 0 Å². The number of aliphatic hydroxyl groups is 1. The molecular formula is C10H12N4O3. The number of H-pyrrole nitrogens is 2. The zero-order chi connectivity index (χ0) is 12.4. The molecule has 0 spiro atoms. The van der Waals surface area contributed by atoms with Gasteiger partial charge in [-0.05, 0) is 12.5 Å². The third kappa shape index (κ3) is 2.04. The zero-order valence-electron chi connectivity index (χ0n) is 9.23. The number of hydrogen-bond acceptors (Lipinski definition) is 4. The molecule has 0 radical (unpaired) electrons. The summed E-state index contributed by atoms with van der Waals surface area (Å²) in [5.74, 6) is 0.472. The van der Waals surface area contributed by atoms with Gasteiger partial charge in [0.15, 0.2) is 5.65 Å². The highest BCUT2D eigenvalue weighted by molar-refractivity contribution is 5.71. The Morgan fingerprint density at radius 2 is 2.18 bits per heavy atom. The van der Waals surface area contributed by atoms with Crippen LogP contribution in [0, 0.1) is 0 Å². The monoisotopic (exact) mass is 236 g/mol. The lowest BCUT2D eigenvalue weighted by Gasteiger charge is -1.94. The standard InChI is InChI=1S/C10H12N4O3/c1-14-8-7(9(16)13-10(14)17)11-6(12-8)4-2-3-5-15/h2,4,15H,3,5H2,1H3,(H,11,12)(H,13,16,17). The summed E-state index contributed by atoms with van der Waals surface area (Å²) in [5, 5.41) is 8.63. The fourth-order valence-corrected chi connectivity index (χ4v) is 1.47. The number of fused-ring (bicyclic) bond motifs is 1. The molecule has 0 atom stereocenters. The van der Waals surface area contributed by atoms with Crippen LogP contribution in [0.5, 0.6) is 0 Å². The van der Waals surface area contributed by atoms with Gasteiger partial charge in [0.25, 0.3) is 5.56 Å². The molecule has 90 valence electrons. The van der Waals surface area contributed by atoms with E-state index >= 15 is 0 Å². The molecule has 7 nitrogen and oxygen atoms in total.